The summed E-state index contributed by atoms with van der Waals surface area (Å²) in [5, 5.41) is 3.14. The van der Waals surface area contributed by atoms with E-state index in [-0.39, 0.29) is 5.97 Å². The molecule has 0 saturated carbocycles. The minimum Gasteiger partial charge on any atom is -0.423 e. The van der Waals surface area contributed by atoms with Crippen molar-refractivity contribution in [3.05, 3.63) is 41.5 Å². The summed E-state index contributed by atoms with van der Waals surface area (Å²) in [5.41, 5.74) is 1.80. The highest BCUT2D eigenvalue weighted by Crippen LogP contribution is 2.14. The van der Waals surface area contributed by atoms with E-state index in [1.165, 1.54) is 0 Å². The van der Waals surface area contributed by atoms with E-state index in [4.69, 9.17) is 4.74 Å². The lowest BCUT2D eigenvalue weighted by Gasteiger charge is -2.13. The van der Waals surface area contributed by atoms with Crippen LogP contribution in [0.25, 0.3) is 0 Å². The number of ether oxygens (including phenoxy) is 1. The topological polar surface area (TPSA) is 38.3 Å². The molecule has 84 valence electrons. The van der Waals surface area contributed by atoms with Crippen molar-refractivity contribution >= 4 is 5.97 Å². The van der Waals surface area contributed by atoms with Crippen LogP contribution in [0.2, 0.25) is 0 Å². The molecular formula is C13H15NO2. The minimum absolute atomic E-state index is 0.252. The third-order valence-electron chi connectivity index (χ3n) is 2.49. The summed E-state index contributed by atoms with van der Waals surface area (Å²) in [4.78, 5) is 11.7. The molecule has 0 saturated heterocycles. The van der Waals surface area contributed by atoms with Crippen LogP contribution in [0, 0.1) is 6.92 Å². The fourth-order valence-corrected chi connectivity index (χ4v) is 1.65. The second-order valence-electron chi connectivity index (χ2n) is 3.90. The van der Waals surface area contributed by atoms with Gasteiger partial charge in [0.2, 0.25) is 0 Å². The smallest absolute Gasteiger partial charge is 0.340 e. The molecule has 16 heavy (non-hydrogen) atoms. The van der Waals surface area contributed by atoms with Gasteiger partial charge in [-0.05, 0) is 37.6 Å². The maximum atomic E-state index is 11.7. The molecule has 0 aromatic heterocycles. The van der Waals surface area contributed by atoms with Crippen molar-refractivity contribution in [1.29, 1.82) is 0 Å². The second kappa shape index (κ2) is 4.94. The molecule has 0 fully saturated rings. The molecule has 0 spiro atoms. The zero-order chi connectivity index (χ0) is 11.4. The Labute approximate surface area is 95.1 Å². The van der Waals surface area contributed by atoms with Crippen molar-refractivity contribution in [3.63, 3.8) is 0 Å². The highest BCUT2D eigenvalue weighted by atomic mass is 16.5. The monoisotopic (exact) mass is 217 g/mol. The fraction of sp³-hybridized carbons (Fsp3) is 0.308. The fourth-order valence-electron chi connectivity index (χ4n) is 1.65. The van der Waals surface area contributed by atoms with Crippen LogP contribution in [0.3, 0.4) is 0 Å². The van der Waals surface area contributed by atoms with Crippen molar-refractivity contribution < 1.29 is 9.53 Å². The maximum Gasteiger partial charge on any atom is 0.340 e. The van der Waals surface area contributed by atoms with Gasteiger partial charge in [0.1, 0.15) is 5.75 Å². The molecule has 1 aliphatic heterocycles. The lowest BCUT2D eigenvalue weighted by atomic mass is 10.1. The Balaban J connectivity index is 2.04. The van der Waals surface area contributed by atoms with Gasteiger partial charge in [-0.25, -0.2) is 4.79 Å². The molecule has 1 aromatic carbocycles. The standard InChI is InChI=1S/C13H15NO2/c1-10-4-2-6-12(8-10)16-13(15)11-5-3-7-14-9-11/h2,4-6,8,14H,3,7,9H2,1H3. The van der Waals surface area contributed by atoms with E-state index in [0.29, 0.717) is 17.9 Å². The van der Waals surface area contributed by atoms with E-state index < -0.39 is 0 Å². The first-order chi connectivity index (χ1) is 7.75. The average molecular weight is 217 g/mol. The first-order valence-electron chi connectivity index (χ1n) is 5.44. The van der Waals surface area contributed by atoms with Crippen LogP contribution in [-0.2, 0) is 4.79 Å². The number of hydrogen-bond donors (Lipinski definition) is 1. The Bertz CT molecular complexity index is 424. The van der Waals surface area contributed by atoms with E-state index in [0.717, 1.165) is 18.5 Å². The lowest BCUT2D eigenvalue weighted by molar-refractivity contribution is -0.130. The van der Waals surface area contributed by atoms with Crippen molar-refractivity contribution in [2.24, 2.45) is 0 Å². The van der Waals surface area contributed by atoms with E-state index in [2.05, 4.69) is 5.32 Å². The van der Waals surface area contributed by atoms with Gasteiger partial charge in [0.25, 0.3) is 0 Å². The zero-order valence-electron chi connectivity index (χ0n) is 9.32. The Hall–Kier alpha value is -1.61. The van der Waals surface area contributed by atoms with Crippen molar-refractivity contribution in [3.8, 4) is 5.75 Å². The summed E-state index contributed by atoms with van der Waals surface area (Å²) in [6.07, 6.45) is 2.83. The summed E-state index contributed by atoms with van der Waals surface area (Å²) < 4.78 is 5.29. The maximum absolute atomic E-state index is 11.7. The van der Waals surface area contributed by atoms with Gasteiger partial charge in [-0.1, -0.05) is 18.2 Å². The molecular weight excluding hydrogens is 202 g/mol. The highest BCUT2D eigenvalue weighted by molar-refractivity contribution is 5.90. The van der Waals surface area contributed by atoms with E-state index >= 15 is 0 Å². The van der Waals surface area contributed by atoms with Crippen LogP contribution >= 0.6 is 0 Å². The molecule has 0 radical (unpaired) electrons. The van der Waals surface area contributed by atoms with Gasteiger partial charge in [-0.3, -0.25) is 0 Å². The molecule has 3 nitrogen and oxygen atoms in total. The van der Waals surface area contributed by atoms with Crippen molar-refractivity contribution in [1.82, 2.24) is 5.32 Å². The van der Waals surface area contributed by atoms with Crippen molar-refractivity contribution in [2.45, 2.75) is 13.3 Å². The highest BCUT2D eigenvalue weighted by Gasteiger charge is 2.13. The summed E-state index contributed by atoms with van der Waals surface area (Å²) in [7, 11) is 0. The molecule has 1 aliphatic rings. The molecule has 0 bridgehead atoms. The summed E-state index contributed by atoms with van der Waals surface area (Å²) >= 11 is 0. The number of nitrogens with one attached hydrogen (secondary N) is 1. The van der Waals surface area contributed by atoms with Gasteiger partial charge < -0.3 is 10.1 Å². The summed E-state index contributed by atoms with van der Waals surface area (Å²) in [6, 6.07) is 7.50. The van der Waals surface area contributed by atoms with Crippen LogP contribution in [-0.4, -0.2) is 19.1 Å². The second-order valence-corrected chi connectivity index (χ2v) is 3.90. The van der Waals surface area contributed by atoms with Crippen LogP contribution in [0.4, 0.5) is 0 Å². The Kier molecular flexibility index (Phi) is 3.37. The molecule has 1 aromatic rings. The van der Waals surface area contributed by atoms with Crippen LogP contribution in [0.5, 0.6) is 5.75 Å². The quantitative estimate of drug-likeness (QED) is 0.606. The Morgan fingerprint density at radius 2 is 2.31 bits per heavy atom. The Morgan fingerprint density at radius 3 is 3.00 bits per heavy atom. The first kappa shape index (κ1) is 10.9. The number of hydrogen-bond acceptors (Lipinski definition) is 3. The third kappa shape index (κ3) is 2.70. The molecule has 0 unspecified atom stereocenters. The van der Waals surface area contributed by atoms with Gasteiger partial charge >= 0.3 is 5.97 Å². The van der Waals surface area contributed by atoms with E-state index in [9.17, 15) is 4.79 Å². The summed E-state index contributed by atoms with van der Waals surface area (Å²) in [5.74, 6) is 0.356. The first-order valence-corrected chi connectivity index (χ1v) is 5.44. The molecule has 0 atom stereocenters. The van der Waals surface area contributed by atoms with Crippen LogP contribution in [0.15, 0.2) is 35.9 Å². The van der Waals surface area contributed by atoms with Gasteiger partial charge in [0, 0.05) is 12.1 Å². The number of rotatable bonds is 2. The predicted octanol–water partition coefficient (Wildman–Crippen LogP) is 1.82. The Morgan fingerprint density at radius 1 is 1.44 bits per heavy atom. The molecule has 3 heteroatoms. The lowest BCUT2D eigenvalue weighted by Crippen LogP contribution is -2.28. The van der Waals surface area contributed by atoms with Gasteiger partial charge in [-0.2, -0.15) is 0 Å². The summed E-state index contributed by atoms with van der Waals surface area (Å²) in [6.45, 7) is 3.50. The number of carbonyl (C=O) groups is 1. The number of carbonyl (C=O) groups excluding carboxylic acids is 1. The predicted molar refractivity (Wildman–Crippen MR) is 62.4 cm³/mol. The molecule has 0 amide bonds. The normalized spacial score (nSPS) is 15.4. The zero-order valence-corrected chi connectivity index (χ0v) is 9.32. The van der Waals surface area contributed by atoms with Gasteiger partial charge in [-0.15, -0.1) is 0 Å². The average Bonchev–Trinajstić information content (AvgIpc) is 2.30. The van der Waals surface area contributed by atoms with E-state index in [1.807, 2.05) is 31.2 Å². The molecule has 1 N–H and O–H groups in total. The third-order valence-corrected chi connectivity index (χ3v) is 2.49. The van der Waals surface area contributed by atoms with Crippen LogP contribution < -0.4 is 10.1 Å². The molecule has 2 rings (SSSR count). The van der Waals surface area contributed by atoms with Gasteiger partial charge in [0.05, 0.1) is 0 Å². The number of aryl methyl sites for hydroxylation is 1. The number of esters is 1. The van der Waals surface area contributed by atoms with Crippen molar-refractivity contribution in [2.75, 3.05) is 13.1 Å². The largest absolute Gasteiger partial charge is 0.423 e. The minimum atomic E-state index is -0.252. The molecule has 1 heterocycles. The molecule has 0 aliphatic carbocycles. The van der Waals surface area contributed by atoms with Crippen LogP contribution in [0.1, 0.15) is 12.0 Å². The SMILES string of the molecule is Cc1cccc(OC(=O)C2=CCCNC2)c1. The van der Waals surface area contributed by atoms with E-state index in [1.54, 1.807) is 6.07 Å². The number of benzene rings is 1. The van der Waals surface area contributed by atoms with Gasteiger partial charge in [0.15, 0.2) is 0 Å².